The standard InChI is InChI=1S/C12H10N2O4S/c15-10(8-4-2-1-3-5-8)12(17)18-14-11(16)9-6-13-7-19-9/h1-7,10,15H,(H,14,16)/t10-/m0/s1. The van der Waals surface area contributed by atoms with Crippen LogP contribution in [0, 0.1) is 0 Å². The predicted molar refractivity (Wildman–Crippen MR) is 67.1 cm³/mol. The van der Waals surface area contributed by atoms with E-state index < -0.39 is 18.0 Å². The van der Waals surface area contributed by atoms with Gasteiger partial charge in [-0.15, -0.1) is 11.3 Å². The average molecular weight is 278 g/mol. The first-order valence-corrected chi connectivity index (χ1v) is 6.19. The molecule has 0 saturated heterocycles. The van der Waals surface area contributed by atoms with Crippen LogP contribution in [0.1, 0.15) is 21.3 Å². The highest BCUT2D eigenvalue weighted by Crippen LogP contribution is 2.13. The van der Waals surface area contributed by atoms with Gasteiger partial charge in [0, 0.05) is 0 Å². The van der Waals surface area contributed by atoms with Crippen molar-refractivity contribution in [1.29, 1.82) is 0 Å². The number of hydrogen-bond donors (Lipinski definition) is 2. The molecule has 0 aliphatic heterocycles. The van der Waals surface area contributed by atoms with Crippen LogP contribution in [0.25, 0.3) is 0 Å². The van der Waals surface area contributed by atoms with Crippen molar-refractivity contribution in [2.24, 2.45) is 0 Å². The lowest BCUT2D eigenvalue weighted by Gasteiger charge is -2.10. The zero-order valence-electron chi connectivity index (χ0n) is 9.65. The van der Waals surface area contributed by atoms with E-state index in [2.05, 4.69) is 9.82 Å². The minimum Gasteiger partial charge on any atom is -0.377 e. The van der Waals surface area contributed by atoms with E-state index in [1.807, 2.05) is 5.48 Å². The summed E-state index contributed by atoms with van der Waals surface area (Å²) in [6, 6.07) is 8.28. The second-order valence-corrected chi connectivity index (χ2v) is 4.42. The lowest BCUT2D eigenvalue weighted by molar-refractivity contribution is -0.159. The zero-order chi connectivity index (χ0) is 13.7. The van der Waals surface area contributed by atoms with Gasteiger partial charge in [-0.05, 0) is 5.56 Å². The Bertz CT molecular complexity index is 556. The molecule has 7 heteroatoms. The fraction of sp³-hybridized carbons (Fsp3) is 0.0833. The van der Waals surface area contributed by atoms with Crippen LogP contribution in [0.4, 0.5) is 0 Å². The third kappa shape index (κ3) is 3.36. The van der Waals surface area contributed by atoms with Crippen molar-refractivity contribution in [3.05, 3.63) is 52.5 Å². The zero-order valence-corrected chi connectivity index (χ0v) is 10.5. The molecule has 1 heterocycles. The molecule has 0 saturated carbocycles. The van der Waals surface area contributed by atoms with Gasteiger partial charge in [-0.1, -0.05) is 30.3 Å². The van der Waals surface area contributed by atoms with Crippen LogP contribution in [-0.4, -0.2) is 22.0 Å². The van der Waals surface area contributed by atoms with Gasteiger partial charge in [-0.25, -0.2) is 4.79 Å². The smallest absolute Gasteiger partial charge is 0.364 e. The number of thiazole rings is 1. The second-order valence-electron chi connectivity index (χ2n) is 3.53. The number of aromatic nitrogens is 1. The summed E-state index contributed by atoms with van der Waals surface area (Å²) < 4.78 is 0. The van der Waals surface area contributed by atoms with E-state index >= 15 is 0 Å². The SMILES string of the molecule is O=C(NOC(=O)[C@@H](O)c1ccccc1)c1cncs1. The van der Waals surface area contributed by atoms with Crippen molar-refractivity contribution in [1.82, 2.24) is 10.5 Å². The highest BCUT2D eigenvalue weighted by molar-refractivity contribution is 7.11. The average Bonchev–Trinajstić information content (AvgIpc) is 2.98. The molecule has 6 nitrogen and oxygen atoms in total. The number of nitrogens with one attached hydrogen (secondary N) is 1. The first-order valence-electron chi connectivity index (χ1n) is 5.31. The van der Waals surface area contributed by atoms with Crippen LogP contribution < -0.4 is 5.48 Å². The topological polar surface area (TPSA) is 88.5 Å². The lowest BCUT2D eigenvalue weighted by atomic mass is 10.1. The molecule has 98 valence electrons. The fourth-order valence-electron chi connectivity index (χ4n) is 1.30. The Kier molecular flexibility index (Phi) is 4.22. The van der Waals surface area contributed by atoms with Crippen molar-refractivity contribution >= 4 is 23.2 Å². The van der Waals surface area contributed by atoms with Crippen molar-refractivity contribution in [2.45, 2.75) is 6.10 Å². The van der Waals surface area contributed by atoms with E-state index in [-0.39, 0.29) is 0 Å². The van der Waals surface area contributed by atoms with Crippen LogP contribution in [0.3, 0.4) is 0 Å². The number of amides is 1. The van der Waals surface area contributed by atoms with Gasteiger partial charge in [0.15, 0.2) is 6.10 Å². The number of nitrogens with zero attached hydrogens (tertiary/aromatic N) is 1. The Morgan fingerprint density at radius 1 is 1.32 bits per heavy atom. The summed E-state index contributed by atoms with van der Waals surface area (Å²) in [6.07, 6.45) is -0.0930. The van der Waals surface area contributed by atoms with Gasteiger partial charge >= 0.3 is 5.97 Å². The molecule has 2 N–H and O–H groups in total. The summed E-state index contributed by atoms with van der Waals surface area (Å²) >= 11 is 1.11. The van der Waals surface area contributed by atoms with Crippen molar-refractivity contribution in [2.75, 3.05) is 0 Å². The van der Waals surface area contributed by atoms with Crippen LogP contribution in [-0.2, 0) is 9.63 Å². The number of carbonyl (C=O) groups excluding carboxylic acids is 2. The van der Waals surface area contributed by atoms with E-state index in [9.17, 15) is 14.7 Å². The monoisotopic (exact) mass is 278 g/mol. The summed E-state index contributed by atoms with van der Waals surface area (Å²) in [7, 11) is 0. The first kappa shape index (κ1) is 13.2. The molecule has 1 amide bonds. The van der Waals surface area contributed by atoms with Gasteiger partial charge in [0.25, 0.3) is 5.91 Å². The minimum atomic E-state index is -1.44. The number of hydroxylamine groups is 1. The molecule has 0 bridgehead atoms. The van der Waals surface area contributed by atoms with Crippen molar-refractivity contribution in [3.63, 3.8) is 0 Å². The van der Waals surface area contributed by atoms with Gasteiger partial charge in [-0.2, -0.15) is 5.48 Å². The van der Waals surface area contributed by atoms with Crippen LogP contribution >= 0.6 is 11.3 Å². The summed E-state index contributed by atoms with van der Waals surface area (Å²) in [6.45, 7) is 0. The molecular weight excluding hydrogens is 268 g/mol. The van der Waals surface area contributed by atoms with Gasteiger partial charge < -0.3 is 9.94 Å². The summed E-state index contributed by atoms with van der Waals surface area (Å²) in [5.74, 6) is -1.54. The number of aliphatic hydroxyl groups excluding tert-OH is 1. The van der Waals surface area contributed by atoms with E-state index in [0.717, 1.165) is 11.3 Å². The molecule has 0 fully saturated rings. The molecule has 0 unspecified atom stereocenters. The largest absolute Gasteiger partial charge is 0.377 e. The third-order valence-corrected chi connectivity index (χ3v) is 3.01. The molecule has 1 atom stereocenters. The van der Waals surface area contributed by atoms with Crippen molar-refractivity contribution in [3.8, 4) is 0 Å². The van der Waals surface area contributed by atoms with Crippen molar-refractivity contribution < 1.29 is 19.5 Å². The van der Waals surface area contributed by atoms with Gasteiger partial charge in [0.05, 0.1) is 11.7 Å². The van der Waals surface area contributed by atoms with Crippen LogP contribution in [0.5, 0.6) is 0 Å². The Balaban J connectivity index is 1.90. The normalized spacial score (nSPS) is 11.6. The Labute approximate surface area is 112 Å². The minimum absolute atomic E-state index is 0.307. The molecule has 1 aromatic carbocycles. The fourth-order valence-corrected chi connectivity index (χ4v) is 1.81. The van der Waals surface area contributed by atoms with Gasteiger partial charge in [0.2, 0.25) is 0 Å². The second kappa shape index (κ2) is 6.07. The molecule has 2 rings (SSSR count). The van der Waals surface area contributed by atoms with Crippen LogP contribution in [0.2, 0.25) is 0 Å². The van der Waals surface area contributed by atoms with E-state index in [0.29, 0.717) is 10.4 Å². The number of hydrogen-bond acceptors (Lipinski definition) is 6. The summed E-state index contributed by atoms with van der Waals surface area (Å²) in [5, 5.41) is 9.70. The molecular formula is C12H10N2O4S. The maximum atomic E-state index is 11.5. The molecule has 2 aromatic rings. The Morgan fingerprint density at radius 3 is 2.68 bits per heavy atom. The van der Waals surface area contributed by atoms with E-state index in [4.69, 9.17) is 0 Å². The number of aliphatic hydroxyl groups is 1. The predicted octanol–water partition coefficient (Wildman–Crippen LogP) is 1.06. The Hall–Kier alpha value is -2.25. The first-order chi connectivity index (χ1) is 9.18. The van der Waals surface area contributed by atoms with Crippen LogP contribution in [0.15, 0.2) is 42.0 Å². The van der Waals surface area contributed by atoms with Gasteiger partial charge in [0.1, 0.15) is 4.88 Å². The number of carbonyl (C=O) groups is 2. The maximum absolute atomic E-state index is 11.5. The maximum Gasteiger partial charge on any atom is 0.364 e. The quantitative estimate of drug-likeness (QED) is 0.820. The summed E-state index contributed by atoms with van der Waals surface area (Å²) in [5.41, 5.74) is 3.83. The Morgan fingerprint density at radius 2 is 2.05 bits per heavy atom. The van der Waals surface area contributed by atoms with Gasteiger partial charge in [-0.3, -0.25) is 9.78 Å². The molecule has 19 heavy (non-hydrogen) atoms. The molecule has 0 spiro atoms. The molecule has 1 aromatic heterocycles. The number of rotatable bonds is 3. The highest BCUT2D eigenvalue weighted by Gasteiger charge is 2.20. The van der Waals surface area contributed by atoms with E-state index in [1.165, 1.54) is 11.7 Å². The molecule has 0 radical (unpaired) electrons. The third-order valence-electron chi connectivity index (χ3n) is 2.24. The molecule has 0 aliphatic carbocycles. The highest BCUT2D eigenvalue weighted by atomic mass is 32.1. The molecule has 0 aliphatic rings. The lowest BCUT2D eigenvalue weighted by Crippen LogP contribution is -2.29. The summed E-state index contributed by atoms with van der Waals surface area (Å²) in [4.78, 5) is 31.6. The number of benzene rings is 1. The van der Waals surface area contributed by atoms with E-state index in [1.54, 1.807) is 30.3 Å².